The van der Waals surface area contributed by atoms with Gasteiger partial charge in [-0.15, -0.1) is 0 Å². The van der Waals surface area contributed by atoms with Gasteiger partial charge in [-0.3, -0.25) is 0 Å². The third kappa shape index (κ3) is 3.17. The van der Waals surface area contributed by atoms with Crippen LogP contribution >= 0.6 is 0 Å². The average molecular weight is 240 g/mol. The highest BCUT2D eigenvalue weighted by molar-refractivity contribution is 5.49. The van der Waals surface area contributed by atoms with E-state index in [9.17, 15) is 4.39 Å². The number of rotatable bonds is 5. The van der Waals surface area contributed by atoms with Gasteiger partial charge in [-0.1, -0.05) is 6.07 Å². The van der Waals surface area contributed by atoms with E-state index in [0.717, 1.165) is 5.56 Å². The Balaban J connectivity index is 2.97. The summed E-state index contributed by atoms with van der Waals surface area (Å²) in [5.41, 5.74) is 1.43. The topological polar surface area (TPSA) is 35.5 Å². The largest absolute Gasteiger partial charge is 0.394 e. The summed E-state index contributed by atoms with van der Waals surface area (Å²) in [6, 6.07) is 5.22. The van der Waals surface area contributed by atoms with Crippen LogP contribution in [0.5, 0.6) is 0 Å². The van der Waals surface area contributed by atoms with Gasteiger partial charge in [-0.2, -0.15) is 0 Å². The first kappa shape index (κ1) is 13.9. The molecule has 1 aromatic rings. The van der Waals surface area contributed by atoms with Crippen molar-refractivity contribution in [1.29, 1.82) is 0 Å². The van der Waals surface area contributed by atoms with Gasteiger partial charge in [0.15, 0.2) is 0 Å². The van der Waals surface area contributed by atoms with Crippen LogP contribution in [0.25, 0.3) is 0 Å². The third-order valence-corrected chi connectivity index (χ3v) is 3.21. The predicted octanol–water partition coefficient (Wildman–Crippen LogP) is 1.92. The van der Waals surface area contributed by atoms with Crippen LogP contribution in [0, 0.1) is 5.82 Å². The van der Waals surface area contributed by atoms with E-state index in [1.165, 1.54) is 6.07 Å². The van der Waals surface area contributed by atoms with Crippen LogP contribution in [-0.2, 0) is 0 Å². The van der Waals surface area contributed by atoms with Crippen molar-refractivity contribution in [2.45, 2.75) is 25.9 Å². The number of hydrogen-bond acceptors (Lipinski definition) is 3. The number of aliphatic hydroxyl groups excluding tert-OH is 1. The molecule has 0 heterocycles. The molecule has 0 saturated carbocycles. The molecule has 0 fully saturated rings. The molecule has 0 aromatic heterocycles. The van der Waals surface area contributed by atoms with Crippen molar-refractivity contribution < 1.29 is 9.50 Å². The zero-order valence-corrected chi connectivity index (χ0v) is 10.9. The molecule has 2 atom stereocenters. The summed E-state index contributed by atoms with van der Waals surface area (Å²) in [6.07, 6.45) is 0. The molecule has 2 N–H and O–H groups in total. The van der Waals surface area contributed by atoms with Gasteiger partial charge in [-0.25, -0.2) is 4.39 Å². The van der Waals surface area contributed by atoms with E-state index in [2.05, 4.69) is 5.32 Å². The van der Waals surface area contributed by atoms with Crippen molar-refractivity contribution in [1.82, 2.24) is 5.32 Å². The normalized spacial score (nSPS) is 14.5. The molecule has 0 spiro atoms. The van der Waals surface area contributed by atoms with E-state index < -0.39 is 0 Å². The number of nitrogens with zero attached hydrogens (tertiary/aromatic N) is 1. The number of halogens is 1. The molecule has 96 valence electrons. The Morgan fingerprint density at radius 2 is 2.06 bits per heavy atom. The Labute approximate surface area is 102 Å². The van der Waals surface area contributed by atoms with Crippen molar-refractivity contribution in [3.8, 4) is 0 Å². The SMILES string of the molecule is CNC(C)c1ccc(N(C)C(C)CO)c(F)c1. The minimum absolute atomic E-state index is 0.00457. The van der Waals surface area contributed by atoms with Gasteiger partial charge in [0.05, 0.1) is 12.3 Å². The molecule has 0 aliphatic carbocycles. The van der Waals surface area contributed by atoms with Gasteiger partial charge < -0.3 is 15.3 Å². The summed E-state index contributed by atoms with van der Waals surface area (Å²) < 4.78 is 13.9. The molecule has 0 amide bonds. The molecule has 0 bridgehead atoms. The van der Waals surface area contributed by atoms with Crippen LogP contribution in [0.1, 0.15) is 25.5 Å². The van der Waals surface area contributed by atoms with E-state index in [0.29, 0.717) is 5.69 Å². The maximum atomic E-state index is 13.9. The highest BCUT2D eigenvalue weighted by Gasteiger charge is 2.14. The van der Waals surface area contributed by atoms with Crippen molar-refractivity contribution in [2.75, 3.05) is 25.6 Å². The molecular weight excluding hydrogens is 219 g/mol. The minimum atomic E-state index is -0.257. The standard InChI is InChI=1S/C13H21FN2O/c1-9(8-17)16(4)13-6-5-11(7-12(13)14)10(2)15-3/h5-7,9-10,15,17H,8H2,1-4H3. The number of likely N-dealkylation sites (N-methyl/N-ethyl adjacent to an activating group) is 1. The van der Waals surface area contributed by atoms with Crippen molar-refractivity contribution >= 4 is 5.69 Å². The lowest BCUT2D eigenvalue weighted by Crippen LogP contribution is -2.32. The van der Waals surface area contributed by atoms with Crippen LogP contribution in [-0.4, -0.2) is 31.9 Å². The molecule has 0 aliphatic rings. The number of nitrogens with one attached hydrogen (secondary N) is 1. The second kappa shape index (κ2) is 5.98. The van der Waals surface area contributed by atoms with Crippen LogP contribution in [0.4, 0.5) is 10.1 Å². The van der Waals surface area contributed by atoms with E-state index >= 15 is 0 Å². The lowest BCUT2D eigenvalue weighted by Gasteiger charge is -2.26. The second-order valence-electron chi connectivity index (χ2n) is 4.36. The third-order valence-electron chi connectivity index (χ3n) is 3.21. The summed E-state index contributed by atoms with van der Waals surface area (Å²) in [4.78, 5) is 1.74. The fourth-order valence-electron chi connectivity index (χ4n) is 1.61. The summed E-state index contributed by atoms with van der Waals surface area (Å²) in [7, 11) is 3.62. The molecular formula is C13H21FN2O. The van der Waals surface area contributed by atoms with E-state index in [-0.39, 0.29) is 24.5 Å². The molecule has 1 aromatic carbocycles. The Kier molecular flexibility index (Phi) is 4.90. The average Bonchev–Trinajstić information content (AvgIpc) is 2.35. The Morgan fingerprint density at radius 1 is 1.41 bits per heavy atom. The van der Waals surface area contributed by atoms with E-state index in [4.69, 9.17) is 5.11 Å². The summed E-state index contributed by atoms with van der Waals surface area (Å²) >= 11 is 0. The van der Waals surface area contributed by atoms with Crippen molar-refractivity contribution in [3.63, 3.8) is 0 Å². The fraction of sp³-hybridized carbons (Fsp3) is 0.538. The Bertz CT molecular complexity index is 370. The second-order valence-corrected chi connectivity index (χ2v) is 4.36. The fourth-order valence-corrected chi connectivity index (χ4v) is 1.61. The van der Waals surface area contributed by atoms with Crippen LogP contribution in [0.2, 0.25) is 0 Å². The monoisotopic (exact) mass is 240 g/mol. The van der Waals surface area contributed by atoms with Gasteiger partial charge in [-0.05, 0) is 38.6 Å². The molecule has 0 aliphatic heterocycles. The molecule has 17 heavy (non-hydrogen) atoms. The lowest BCUT2D eigenvalue weighted by molar-refractivity contribution is 0.269. The van der Waals surface area contributed by atoms with Gasteiger partial charge in [0.25, 0.3) is 0 Å². The zero-order chi connectivity index (χ0) is 13.0. The maximum absolute atomic E-state index is 13.9. The van der Waals surface area contributed by atoms with Gasteiger partial charge >= 0.3 is 0 Å². The van der Waals surface area contributed by atoms with Gasteiger partial charge in [0.2, 0.25) is 0 Å². The molecule has 0 saturated heterocycles. The number of aliphatic hydroxyl groups is 1. The lowest BCUT2D eigenvalue weighted by atomic mass is 10.1. The number of benzene rings is 1. The molecule has 3 nitrogen and oxygen atoms in total. The number of anilines is 1. The summed E-state index contributed by atoms with van der Waals surface area (Å²) in [5, 5.41) is 12.1. The van der Waals surface area contributed by atoms with Gasteiger partial charge in [0, 0.05) is 19.1 Å². The summed E-state index contributed by atoms with van der Waals surface area (Å²) in [6.45, 7) is 3.84. The molecule has 2 unspecified atom stereocenters. The highest BCUT2D eigenvalue weighted by atomic mass is 19.1. The zero-order valence-electron chi connectivity index (χ0n) is 10.9. The smallest absolute Gasteiger partial charge is 0.146 e. The Morgan fingerprint density at radius 3 is 2.53 bits per heavy atom. The first-order valence-corrected chi connectivity index (χ1v) is 5.81. The quantitative estimate of drug-likeness (QED) is 0.825. The first-order chi connectivity index (χ1) is 8.01. The van der Waals surface area contributed by atoms with Crippen LogP contribution in [0.3, 0.4) is 0 Å². The van der Waals surface area contributed by atoms with Crippen LogP contribution in [0.15, 0.2) is 18.2 Å². The minimum Gasteiger partial charge on any atom is -0.394 e. The predicted molar refractivity (Wildman–Crippen MR) is 68.8 cm³/mol. The van der Waals surface area contributed by atoms with E-state index in [1.54, 1.807) is 18.0 Å². The Hall–Kier alpha value is -1.13. The van der Waals surface area contributed by atoms with Gasteiger partial charge in [0.1, 0.15) is 5.82 Å². The maximum Gasteiger partial charge on any atom is 0.146 e. The molecule has 1 rings (SSSR count). The van der Waals surface area contributed by atoms with Crippen molar-refractivity contribution in [2.24, 2.45) is 0 Å². The molecule has 4 heteroatoms. The highest BCUT2D eigenvalue weighted by Crippen LogP contribution is 2.23. The van der Waals surface area contributed by atoms with Crippen molar-refractivity contribution in [3.05, 3.63) is 29.6 Å². The van der Waals surface area contributed by atoms with Crippen LogP contribution < -0.4 is 10.2 Å². The molecule has 0 radical (unpaired) electrons. The first-order valence-electron chi connectivity index (χ1n) is 5.81. The summed E-state index contributed by atoms with van der Waals surface area (Å²) in [5.74, 6) is -0.257. The van der Waals surface area contributed by atoms with E-state index in [1.807, 2.05) is 27.0 Å². The number of hydrogen-bond donors (Lipinski definition) is 2.